The van der Waals surface area contributed by atoms with E-state index in [9.17, 15) is 18.4 Å². The van der Waals surface area contributed by atoms with E-state index in [4.69, 9.17) is 5.11 Å². The maximum atomic E-state index is 12.9. The molecule has 0 fully saturated rings. The lowest BCUT2D eigenvalue weighted by atomic mass is 10.1. The van der Waals surface area contributed by atoms with Crippen molar-refractivity contribution < 1.29 is 23.5 Å². The molecule has 1 aromatic rings. The number of amides is 1. The predicted molar refractivity (Wildman–Crippen MR) is 67.9 cm³/mol. The molecule has 0 unspecified atom stereocenters. The summed E-state index contributed by atoms with van der Waals surface area (Å²) in [6, 6.07) is 1.03. The molecule has 0 aliphatic rings. The third kappa shape index (κ3) is 4.78. The SMILES string of the molecule is C=C(Br)C[C@H](NC(=O)c1cc(F)cc(F)c1)C(=O)O. The van der Waals surface area contributed by atoms with E-state index in [0.29, 0.717) is 10.5 Å². The molecule has 1 atom stereocenters. The number of aliphatic carboxylic acids is 1. The Hall–Kier alpha value is -1.76. The van der Waals surface area contributed by atoms with Gasteiger partial charge >= 0.3 is 5.97 Å². The van der Waals surface area contributed by atoms with Crippen LogP contribution in [0, 0.1) is 11.6 Å². The van der Waals surface area contributed by atoms with Gasteiger partial charge in [-0.3, -0.25) is 4.79 Å². The number of benzene rings is 1. The summed E-state index contributed by atoms with van der Waals surface area (Å²) in [6.45, 7) is 3.47. The predicted octanol–water partition coefficient (Wildman–Crippen LogP) is 2.45. The van der Waals surface area contributed by atoms with Gasteiger partial charge in [-0.25, -0.2) is 13.6 Å². The summed E-state index contributed by atoms with van der Waals surface area (Å²) in [5.74, 6) is -3.98. The summed E-state index contributed by atoms with van der Waals surface area (Å²) in [4.78, 5) is 22.6. The molecule has 0 radical (unpaired) electrons. The maximum absolute atomic E-state index is 12.9. The zero-order chi connectivity index (χ0) is 14.6. The molecule has 0 saturated carbocycles. The van der Waals surface area contributed by atoms with E-state index in [1.165, 1.54) is 0 Å². The molecule has 1 aromatic carbocycles. The molecule has 1 rings (SSSR count). The van der Waals surface area contributed by atoms with Crippen molar-refractivity contribution in [1.82, 2.24) is 5.32 Å². The molecule has 0 saturated heterocycles. The molecular formula is C12H10BrF2NO3. The normalized spacial score (nSPS) is 11.7. The van der Waals surface area contributed by atoms with E-state index in [1.807, 2.05) is 0 Å². The first-order valence-electron chi connectivity index (χ1n) is 5.12. The first-order valence-corrected chi connectivity index (χ1v) is 5.92. The number of halogens is 3. The van der Waals surface area contributed by atoms with Crippen LogP contribution in [0.25, 0.3) is 0 Å². The van der Waals surface area contributed by atoms with Crippen molar-refractivity contribution >= 4 is 27.8 Å². The Kier molecular flexibility index (Phi) is 5.17. The second kappa shape index (κ2) is 6.42. The van der Waals surface area contributed by atoms with E-state index in [0.717, 1.165) is 12.1 Å². The van der Waals surface area contributed by atoms with E-state index in [2.05, 4.69) is 27.8 Å². The summed E-state index contributed by atoms with van der Waals surface area (Å²) < 4.78 is 26.3. The topological polar surface area (TPSA) is 66.4 Å². The molecule has 0 spiro atoms. The largest absolute Gasteiger partial charge is 0.480 e. The van der Waals surface area contributed by atoms with Gasteiger partial charge in [-0.2, -0.15) is 0 Å². The molecule has 0 aliphatic heterocycles. The number of hydrogen-bond donors (Lipinski definition) is 2. The average molecular weight is 334 g/mol. The van der Waals surface area contributed by atoms with Crippen LogP contribution in [-0.4, -0.2) is 23.0 Å². The van der Waals surface area contributed by atoms with Crippen LogP contribution < -0.4 is 5.32 Å². The smallest absolute Gasteiger partial charge is 0.326 e. The van der Waals surface area contributed by atoms with Gasteiger partial charge in [0.2, 0.25) is 0 Å². The van der Waals surface area contributed by atoms with Crippen LogP contribution in [0.2, 0.25) is 0 Å². The Labute approximate surface area is 116 Å². The van der Waals surface area contributed by atoms with Crippen LogP contribution in [0.4, 0.5) is 8.78 Å². The summed E-state index contributed by atoms with van der Waals surface area (Å²) in [6.07, 6.45) is -0.0428. The lowest BCUT2D eigenvalue weighted by molar-refractivity contribution is -0.139. The Morgan fingerprint density at radius 3 is 2.26 bits per heavy atom. The van der Waals surface area contributed by atoms with Crippen LogP contribution in [0.3, 0.4) is 0 Å². The van der Waals surface area contributed by atoms with Crippen LogP contribution in [-0.2, 0) is 4.79 Å². The van der Waals surface area contributed by atoms with Gasteiger partial charge in [0, 0.05) is 18.1 Å². The molecule has 2 N–H and O–H groups in total. The highest BCUT2D eigenvalue weighted by Crippen LogP contribution is 2.12. The van der Waals surface area contributed by atoms with Crippen molar-refractivity contribution in [1.29, 1.82) is 0 Å². The van der Waals surface area contributed by atoms with Gasteiger partial charge in [-0.05, 0) is 16.6 Å². The van der Waals surface area contributed by atoms with Gasteiger partial charge in [0.15, 0.2) is 0 Å². The van der Waals surface area contributed by atoms with Gasteiger partial charge in [-0.15, -0.1) is 0 Å². The van der Waals surface area contributed by atoms with Crippen molar-refractivity contribution in [3.05, 3.63) is 46.5 Å². The average Bonchev–Trinajstić information content (AvgIpc) is 2.25. The summed E-state index contributed by atoms with van der Waals surface area (Å²) in [7, 11) is 0. The van der Waals surface area contributed by atoms with Crippen molar-refractivity contribution in [2.75, 3.05) is 0 Å². The monoisotopic (exact) mass is 333 g/mol. The molecule has 1 amide bonds. The van der Waals surface area contributed by atoms with Gasteiger partial charge in [-0.1, -0.05) is 22.5 Å². The fourth-order valence-electron chi connectivity index (χ4n) is 1.35. The Balaban J connectivity index is 2.87. The van der Waals surface area contributed by atoms with Crippen molar-refractivity contribution in [3.8, 4) is 0 Å². The Morgan fingerprint density at radius 1 is 1.32 bits per heavy atom. The Morgan fingerprint density at radius 2 is 1.84 bits per heavy atom. The van der Waals surface area contributed by atoms with Gasteiger partial charge in [0.1, 0.15) is 17.7 Å². The van der Waals surface area contributed by atoms with Crippen molar-refractivity contribution in [2.45, 2.75) is 12.5 Å². The quantitative estimate of drug-likeness (QED) is 0.869. The zero-order valence-electron chi connectivity index (χ0n) is 9.62. The highest BCUT2D eigenvalue weighted by Gasteiger charge is 2.21. The first kappa shape index (κ1) is 15.3. The molecule has 7 heteroatoms. The Bertz CT molecular complexity index is 513. The number of carboxylic acid groups (broad SMARTS) is 1. The molecule has 4 nitrogen and oxygen atoms in total. The summed E-state index contributed by atoms with van der Waals surface area (Å²) in [5.41, 5.74) is -0.288. The van der Waals surface area contributed by atoms with Crippen LogP contribution in [0.1, 0.15) is 16.8 Å². The minimum atomic E-state index is -1.27. The number of carbonyl (C=O) groups excluding carboxylic acids is 1. The van der Waals surface area contributed by atoms with Gasteiger partial charge < -0.3 is 10.4 Å². The third-order valence-electron chi connectivity index (χ3n) is 2.15. The molecule has 0 bridgehead atoms. The third-order valence-corrected chi connectivity index (χ3v) is 2.48. The highest BCUT2D eigenvalue weighted by molar-refractivity contribution is 9.11. The molecule has 19 heavy (non-hydrogen) atoms. The van der Waals surface area contributed by atoms with E-state index < -0.39 is 29.6 Å². The molecule has 0 aromatic heterocycles. The number of carbonyl (C=O) groups is 2. The zero-order valence-corrected chi connectivity index (χ0v) is 11.2. The highest BCUT2D eigenvalue weighted by atomic mass is 79.9. The standard InChI is InChI=1S/C12H10BrF2NO3/c1-6(13)2-10(12(18)19)16-11(17)7-3-8(14)5-9(15)4-7/h3-5,10H,1-2H2,(H,16,17)(H,18,19)/t10-/m0/s1. The second-order valence-electron chi connectivity index (χ2n) is 3.74. The van der Waals surface area contributed by atoms with Crippen LogP contribution in [0.15, 0.2) is 29.3 Å². The number of rotatable bonds is 5. The van der Waals surface area contributed by atoms with Crippen molar-refractivity contribution in [3.63, 3.8) is 0 Å². The first-order chi connectivity index (χ1) is 8.79. The van der Waals surface area contributed by atoms with Crippen LogP contribution >= 0.6 is 15.9 Å². The van der Waals surface area contributed by atoms with Crippen LogP contribution in [0.5, 0.6) is 0 Å². The molecular weight excluding hydrogens is 324 g/mol. The van der Waals surface area contributed by atoms with E-state index in [1.54, 1.807) is 0 Å². The summed E-state index contributed by atoms with van der Waals surface area (Å²) >= 11 is 2.98. The second-order valence-corrected chi connectivity index (χ2v) is 4.87. The summed E-state index contributed by atoms with van der Waals surface area (Å²) in [5, 5.41) is 11.1. The molecule has 102 valence electrons. The van der Waals surface area contributed by atoms with Crippen molar-refractivity contribution in [2.24, 2.45) is 0 Å². The molecule has 0 aliphatic carbocycles. The van der Waals surface area contributed by atoms with E-state index in [-0.39, 0.29) is 12.0 Å². The fraction of sp³-hybridized carbons (Fsp3) is 0.167. The van der Waals surface area contributed by atoms with Gasteiger partial charge in [0.05, 0.1) is 0 Å². The minimum absolute atomic E-state index is 0.0428. The lowest BCUT2D eigenvalue weighted by Gasteiger charge is -2.14. The van der Waals surface area contributed by atoms with E-state index >= 15 is 0 Å². The fourth-order valence-corrected chi connectivity index (χ4v) is 1.67. The number of carboxylic acids is 1. The number of hydrogen-bond acceptors (Lipinski definition) is 2. The minimum Gasteiger partial charge on any atom is -0.480 e. The number of nitrogens with one attached hydrogen (secondary N) is 1. The van der Waals surface area contributed by atoms with Gasteiger partial charge in [0.25, 0.3) is 5.91 Å². The maximum Gasteiger partial charge on any atom is 0.326 e. The lowest BCUT2D eigenvalue weighted by Crippen LogP contribution is -2.40. The molecule has 0 heterocycles.